The number of aromatic amines is 1. The van der Waals surface area contributed by atoms with Gasteiger partial charge in [-0.1, -0.05) is 6.92 Å². The monoisotopic (exact) mass is 411 g/mol. The van der Waals surface area contributed by atoms with Crippen LogP contribution in [0.1, 0.15) is 68.3 Å². The summed E-state index contributed by atoms with van der Waals surface area (Å²) in [6, 6.07) is 1.96. The van der Waals surface area contributed by atoms with Crippen LogP contribution in [0.15, 0.2) is 10.9 Å². The third-order valence-corrected chi connectivity index (χ3v) is 6.70. The molecule has 3 aliphatic rings. The second kappa shape index (κ2) is 7.56. The van der Waals surface area contributed by atoms with Gasteiger partial charge in [-0.25, -0.2) is 9.50 Å². The van der Waals surface area contributed by atoms with Gasteiger partial charge in [-0.3, -0.25) is 19.5 Å². The van der Waals surface area contributed by atoms with Crippen molar-refractivity contribution < 1.29 is 9.59 Å². The average Bonchev–Trinajstić information content (AvgIpc) is 3.52. The molecule has 4 heterocycles. The molecule has 2 fully saturated rings. The lowest BCUT2D eigenvalue weighted by Gasteiger charge is -2.32. The van der Waals surface area contributed by atoms with Gasteiger partial charge in [0.15, 0.2) is 5.65 Å². The third kappa shape index (κ3) is 3.42. The van der Waals surface area contributed by atoms with Gasteiger partial charge in [0.05, 0.1) is 17.8 Å². The van der Waals surface area contributed by atoms with E-state index in [-0.39, 0.29) is 29.2 Å². The minimum Gasteiger partial charge on any atom is -0.342 e. The predicted octanol–water partition coefficient (Wildman–Crippen LogP) is 1.82. The maximum absolute atomic E-state index is 13.2. The van der Waals surface area contributed by atoms with Crippen molar-refractivity contribution in [1.82, 2.24) is 24.4 Å². The largest absolute Gasteiger partial charge is 0.342 e. The van der Waals surface area contributed by atoms with Gasteiger partial charge in [0.2, 0.25) is 11.8 Å². The van der Waals surface area contributed by atoms with Crippen LogP contribution in [-0.4, -0.2) is 55.8 Å². The summed E-state index contributed by atoms with van der Waals surface area (Å²) >= 11 is 0. The van der Waals surface area contributed by atoms with Crippen molar-refractivity contribution in [3.05, 3.63) is 33.4 Å². The van der Waals surface area contributed by atoms with Crippen molar-refractivity contribution in [2.24, 2.45) is 5.92 Å². The quantitative estimate of drug-likeness (QED) is 0.831. The number of piperidine rings is 1. The van der Waals surface area contributed by atoms with E-state index in [1.807, 2.05) is 22.8 Å². The van der Waals surface area contributed by atoms with Crippen LogP contribution in [0.5, 0.6) is 0 Å². The summed E-state index contributed by atoms with van der Waals surface area (Å²) in [5.41, 5.74) is 2.93. The normalized spacial score (nSPS) is 21.7. The summed E-state index contributed by atoms with van der Waals surface area (Å²) in [7, 11) is 0. The van der Waals surface area contributed by atoms with Crippen molar-refractivity contribution in [3.63, 3.8) is 0 Å². The highest BCUT2D eigenvalue weighted by Crippen LogP contribution is 2.32. The van der Waals surface area contributed by atoms with Gasteiger partial charge < -0.3 is 9.80 Å². The number of hydrogen-bond acceptors (Lipinski definition) is 4. The Bertz CT molecular complexity index is 1050. The summed E-state index contributed by atoms with van der Waals surface area (Å²) < 4.78 is 1.52. The smallest absolute Gasteiger partial charge is 0.277 e. The van der Waals surface area contributed by atoms with Crippen molar-refractivity contribution in [2.45, 2.75) is 64.3 Å². The Hall–Kier alpha value is -2.64. The Morgan fingerprint density at radius 1 is 1.20 bits per heavy atom. The summed E-state index contributed by atoms with van der Waals surface area (Å²) in [6.45, 7) is 4.52. The van der Waals surface area contributed by atoms with E-state index in [9.17, 15) is 14.4 Å². The molecule has 0 radical (unpaired) electrons. The van der Waals surface area contributed by atoms with Crippen molar-refractivity contribution in [2.75, 3.05) is 19.6 Å². The van der Waals surface area contributed by atoms with Gasteiger partial charge in [-0.15, -0.1) is 0 Å². The Balaban J connectivity index is 1.41. The zero-order valence-corrected chi connectivity index (χ0v) is 17.5. The lowest BCUT2D eigenvalue weighted by molar-refractivity contribution is -0.133. The first-order valence-electron chi connectivity index (χ1n) is 11.2. The first kappa shape index (κ1) is 19.3. The number of carbonyl (C=O) groups is 2. The molecule has 2 aromatic rings. The molecule has 0 aromatic carbocycles. The van der Waals surface area contributed by atoms with Gasteiger partial charge in [-0.2, -0.15) is 0 Å². The molecule has 1 aliphatic carbocycles. The molecule has 5 rings (SSSR count). The molecule has 0 spiro atoms. The number of nitrogens with one attached hydrogen (secondary N) is 1. The van der Waals surface area contributed by atoms with E-state index in [2.05, 4.69) is 5.10 Å². The number of likely N-dealkylation sites (tertiary alicyclic amines) is 1. The molecule has 1 N–H and O–H groups in total. The first-order valence-corrected chi connectivity index (χ1v) is 11.2. The molecule has 160 valence electrons. The standard InChI is InChI=1S/C22H29N5O3/c1-2-4-20(28)25-9-3-5-15(12-25)18-11-19-23-17-8-10-26(21(29)14-6-7-14)13-16(17)22(30)27(19)24-18/h11,14-15,24H,2-10,12-13H2,1H3/t15-/m1/s1. The molecule has 30 heavy (non-hydrogen) atoms. The number of carbonyl (C=O) groups excluding carboxylic acids is 2. The van der Waals surface area contributed by atoms with Crippen LogP contribution < -0.4 is 5.56 Å². The van der Waals surface area contributed by atoms with Gasteiger partial charge in [0.25, 0.3) is 5.56 Å². The third-order valence-electron chi connectivity index (χ3n) is 6.70. The van der Waals surface area contributed by atoms with E-state index in [4.69, 9.17) is 4.98 Å². The fourth-order valence-electron chi connectivity index (χ4n) is 4.82. The highest BCUT2D eigenvalue weighted by Gasteiger charge is 2.36. The second-order valence-corrected chi connectivity index (χ2v) is 8.96. The molecule has 2 aromatic heterocycles. The SMILES string of the molecule is CCCC(=O)N1CCC[C@@H](c2cc3nc4c(c(=O)n3[nH]2)CN(C(=O)C2CC2)CC4)C1. The summed E-state index contributed by atoms with van der Waals surface area (Å²) in [5, 5.41) is 3.25. The van der Waals surface area contributed by atoms with Crippen LogP contribution in [0.4, 0.5) is 0 Å². The van der Waals surface area contributed by atoms with E-state index in [1.54, 1.807) is 0 Å². The van der Waals surface area contributed by atoms with Crippen molar-refractivity contribution in [1.29, 1.82) is 0 Å². The van der Waals surface area contributed by atoms with Gasteiger partial charge >= 0.3 is 0 Å². The van der Waals surface area contributed by atoms with Crippen LogP contribution in [-0.2, 0) is 22.6 Å². The van der Waals surface area contributed by atoms with Crippen LogP contribution >= 0.6 is 0 Å². The highest BCUT2D eigenvalue weighted by atomic mass is 16.2. The molecular weight excluding hydrogens is 382 g/mol. The number of aromatic nitrogens is 3. The Labute approximate surface area is 175 Å². The van der Waals surface area contributed by atoms with E-state index >= 15 is 0 Å². The molecule has 8 nitrogen and oxygen atoms in total. The lowest BCUT2D eigenvalue weighted by Crippen LogP contribution is -2.41. The van der Waals surface area contributed by atoms with E-state index < -0.39 is 0 Å². The lowest BCUT2D eigenvalue weighted by atomic mass is 9.94. The van der Waals surface area contributed by atoms with Crippen LogP contribution in [0.25, 0.3) is 5.65 Å². The van der Waals surface area contributed by atoms with Crippen molar-refractivity contribution in [3.8, 4) is 0 Å². The first-order chi connectivity index (χ1) is 14.5. The predicted molar refractivity (Wildman–Crippen MR) is 111 cm³/mol. The summed E-state index contributed by atoms with van der Waals surface area (Å²) in [6.07, 6.45) is 5.96. The molecule has 1 atom stereocenters. The van der Waals surface area contributed by atoms with Crippen molar-refractivity contribution >= 4 is 17.5 Å². The fourth-order valence-corrected chi connectivity index (χ4v) is 4.82. The van der Waals surface area contributed by atoms with Crippen LogP contribution in [0, 0.1) is 5.92 Å². The number of amides is 2. The molecular formula is C22H29N5O3. The van der Waals surface area contributed by atoms with Gasteiger partial charge in [0, 0.05) is 56.1 Å². The molecule has 2 amide bonds. The second-order valence-electron chi connectivity index (χ2n) is 8.96. The average molecular weight is 412 g/mol. The Kier molecular flexibility index (Phi) is 4.87. The number of rotatable bonds is 4. The molecule has 8 heteroatoms. The maximum atomic E-state index is 13.2. The number of H-pyrrole nitrogens is 1. The highest BCUT2D eigenvalue weighted by molar-refractivity contribution is 5.81. The Morgan fingerprint density at radius 2 is 2.03 bits per heavy atom. The Morgan fingerprint density at radius 3 is 2.80 bits per heavy atom. The maximum Gasteiger partial charge on any atom is 0.277 e. The van der Waals surface area contributed by atoms with E-state index in [0.717, 1.165) is 50.0 Å². The summed E-state index contributed by atoms with van der Waals surface area (Å²) in [5.74, 6) is 0.735. The molecule has 1 saturated heterocycles. The van der Waals surface area contributed by atoms with Gasteiger partial charge in [-0.05, 0) is 32.1 Å². The van der Waals surface area contributed by atoms with E-state index in [1.165, 1.54) is 4.52 Å². The van der Waals surface area contributed by atoms with Crippen LogP contribution in [0.2, 0.25) is 0 Å². The molecule has 0 unspecified atom stereocenters. The fraction of sp³-hybridized carbons (Fsp3) is 0.636. The minimum absolute atomic E-state index is 0.107. The zero-order valence-electron chi connectivity index (χ0n) is 17.5. The van der Waals surface area contributed by atoms with E-state index in [0.29, 0.717) is 43.7 Å². The number of hydrogen-bond donors (Lipinski definition) is 1. The molecule has 1 saturated carbocycles. The zero-order chi connectivity index (χ0) is 20.8. The van der Waals surface area contributed by atoms with Gasteiger partial charge in [0.1, 0.15) is 0 Å². The topological polar surface area (TPSA) is 90.8 Å². The number of fused-ring (bicyclic) bond motifs is 2. The molecule has 2 aliphatic heterocycles. The number of nitrogens with zero attached hydrogens (tertiary/aromatic N) is 4. The minimum atomic E-state index is -0.107. The van der Waals surface area contributed by atoms with Crippen LogP contribution in [0.3, 0.4) is 0 Å². The molecule has 0 bridgehead atoms. The summed E-state index contributed by atoms with van der Waals surface area (Å²) in [4.78, 5) is 46.5.